The summed E-state index contributed by atoms with van der Waals surface area (Å²) >= 11 is 3.44. The van der Waals surface area contributed by atoms with E-state index in [-0.39, 0.29) is 5.91 Å². The molecular formula is C19H13IN2O3S. The highest BCUT2D eigenvalue weighted by Gasteiger charge is 2.11. The number of benzene rings is 2. The molecule has 0 spiro atoms. The SMILES string of the molecule is O=C(N/N=C/c1ccc(OC(=O)c2ccccc2I)cc1)c1cccs1. The Morgan fingerprint density at radius 2 is 1.81 bits per heavy atom. The first-order valence-electron chi connectivity index (χ1n) is 7.57. The molecule has 5 nitrogen and oxygen atoms in total. The fourth-order valence-electron chi connectivity index (χ4n) is 2.04. The van der Waals surface area contributed by atoms with Crippen molar-refractivity contribution in [3.63, 3.8) is 0 Å². The summed E-state index contributed by atoms with van der Waals surface area (Å²) in [5.41, 5.74) is 3.76. The highest BCUT2D eigenvalue weighted by atomic mass is 127. The number of esters is 1. The van der Waals surface area contributed by atoms with Crippen LogP contribution in [-0.2, 0) is 0 Å². The summed E-state index contributed by atoms with van der Waals surface area (Å²) in [6, 6.07) is 17.6. The molecule has 2 aromatic carbocycles. The van der Waals surface area contributed by atoms with Crippen LogP contribution in [0.2, 0.25) is 0 Å². The lowest BCUT2D eigenvalue weighted by atomic mass is 10.2. The van der Waals surface area contributed by atoms with Crippen molar-refractivity contribution in [2.24, 2.45) is 5.10 Å². The Labute approximate surface area is 167 Å². The van der Waals surface area contributed by atoms with E-state index in [4.69, 9.17) is 4.74 Å². The van der Waals surface area contributed by atoms with Crippen LogP contribution in [0.25, 0.3) is 0 Å². The zero-order valence-electron chi connectivity index (χ0n) is 13.4. The van der Waals surface area contributed by atoms with Crippen LogP contribution < -0.4 is 10.2 Å². The van der Waals surface area contributed by atoms with Crippen LogP contribution in [0.4, 0.5) is 0 Å². The van der Waals surface area contributed by atoms with Gasteiger partial charge in [-0.3, -0.25) is 4.79 Å². The Bertz CT molecular complexity index is 938. The number of hydrogen-bond donors (Lipinski definition) is 1. The van der Waals surface area contributed by atoms with E-state index >= 15 is 0 Å². The van der Waals surface area contributed by atoms with Crippen LogP contribution in [0.3, 0.4) is 0 Å². The molecule has 1 N–H and O–H groups in total. The molecule has 0 radical (unpaired) electrons. The van der Waals surface area contributed by atoms with Gasteiger partial charge < -0.3 is 4.74 Å². The lowest BCUT2D eigenvalue weighted by molar-refractivity contribution is 0.0733. The average molecular weight is 476 g/mol. The smallest absolute Gasteiger partial charge is 0.344 e. The van der Waals surface area contributed by atoms with E-state index < -0.39 is 5.97 Å². The standard InChI is InChI=1S/C19H13IN2O3S/c20-16-5-2-1-4-15(16)19(24)25-14-9-7-13(8-10-14)12-21-22-18(23)17-6-3-11-26-17/h1-12H,(H,22,23)/b21-12+. The van der Waals surface area contributed by atoms with Gasteiger partial charge in [0.2, 0.25) is 0 Å². The molecule has 3 rings (SSSR count). The number of amides is 1. The minimum atomic E-state index is -0.403. The van der Waals surface area contributed by atoms with Gasteiger partial charge in [0, 0.05) is 3.57 Å². The highest BCUT2D eigenvalue weighted by Crippen LogP contribution is 2.17. The summed E-state index contributed by atoms with van der Waals surface area (Å²) < 4.78 is 6.20. The monoisotopic (exact) mass is 476 g/mol. The normalized spacial score (nSPS) is 10.7. The second kappa shape index (κ2) is 8.72. The second-order valence-electron chi connectivity index (χ2n) is 5.11. The fraction of sp³-hybridized carbons (Fsp3) is 0. The predicted molar refractivity (Wildman–Crippen MR) is 110 cm³/mol. The minimum absolute atomic E-state index is 0.251. The zero-order chi connectivity index (χ0) is 18.4. The highest BCUT2D eigenvalue weighted by molar-refractivity contribution is 14.1. The molecule has 0 saturated heterocycles. The summed E-state index contributed by atoms with van der Waals surface area (Å²) in [6.07, 6.45) is 1.53. The van der Waals surface area contributed by atoms with Gasteiger partial charge in [-0.25, -0.2) is 10.2 Å². The Hall–Kier alpha value is -2.52. The van der Waals surface area contributed by atoms with E-state index in [1.807, 2.05) is 17.5 Å². The molecule has 7 heteroatoms. The molecule has 0 aliphatic heterocycles. The number of rotatable bonds is 5. The van der Waals surface area contributed by atoms with Crippen molar-refractivity contribution in [3.8, 4) is 5.75 Å². The van der Waals surface area contributed by atoms with Crippen LogP contribution in [0.15, 0.2) is 71.1 Å². The molecule has 0 unspecified atom stereocenters. The third kappa shape index (κ3) is 4.77. The van der Waals surface area contributed by atoms with Gasteiger partial charge in [0.1, 0.15) is 5.75 Å². The number of thiophene rings is 1. The van der Waals surface area contributed by atoms with E-state index in [9.17, 15) is 9.59 Å². The Balaban J connectivity index is 1.58. The quantitative estimate of drug-likeness (QED) is 0.196. The summed E-state index contributed by atoms with van der Waals surface area (Å²) in [7, 11) is 0. The molecule has 0 aliphatic carbocycles. The molecule has 130 valence electrons. The van der Waals surface area contributed by atoms with Crippen molar-refractivity contribution in [2.75, 3.05) is 0 Å². The lowest BCUT2D eigenvalue weighted by Gasteiger charge is -2.06. The number of nitrogens with zero attached hydrogens (tertiary/aromatic N) is 1. The van der Waals surface area contributed by atoms with Crippen LogP contribution in [0.5, 0.6) is 5.75 Å². The predicted octanol–water partition coefficient (Wildman–Crippen LogP) is 4.34. The Kier molecular flexibility index (Phi) is 6.13. The van der Waals surface area contributed by atoms with E-state index in [1.165, 1.54) is 17.6 Å². The fourth-order valence-corrected chi connectivity index (χ4v) is 3.26. The van der Waals surface area contributed by atoms with E-state index in [0.717, 1.165) is 9.13 Å². The number of ether oxygens (including phenoxy) is 1. The first-order valence-corrected chi connectivity index (χ1v) is 9.53. The topological polar surface area (TPSA) is 67.8 Å². The van der Waals surface area contributed by atoms with Crippen LogP contribution in [0, 0.1) is 3.57 Å². The summed E-state index contributed by atoms with van der Waals surface area (Å²) in [4.78, 5) is 24.5. The third-order valence-corrected chi connectivity index (χ3v) is 5.12. The van der Waals surface area contributed by atoms with E-state index in [0.29, 0.717) is 16.2 Å². The number of carbonyl (C=O) groups excluding carboxylic acids is 2. The van der Waals surface area contributed by atoms with Gasteiger partial charge in [0.25, 0.3) is 5.91 Å². The Morgan fingerprint density at radius 3 is 2.50 bits per heavy atom. The molecule has 0 atom stereocenters. The molecule has 3 aromatic rings. The molecule has 0 bridgehead atoms. The maximum absolute atomic E-state index is 12.2. The number of carbonyl (C=O) groups is 2. The van der Waals surface area contributed by atoms with Crippen molar-refractivity contribution in [2.45, 2.75) is 0 Å². The molecule has 1 aromatic heterocycles. The van der Waals surface area contributed by atoms with Gasteiger partial charge in [-0.15, -0.1) is 11.3 Å². The van der Waals surface area contributed by atoms with Gasteiger partial charge in [-0.2, -0.15) is 5.10 Å². The minimum Gasteiger partial charge on any atom is -0.423 e. The number of hydrazone groups is 1. The molecule has 1 heterocycles. The van der Waals surface area contributed by atoms with E-state index in [2.05, 4.69) is 33.1 Å². The summed E-state index contributed by atoms with van der Waals surface area (Å²) in [5.74, 6) is -0.215. The Morgan fingerprint density at radius 1 is 1.04 bits per heavy atom. The summed E-state index contributed by atoms with van der Waals surface area (Å²) in [5, 5.41) is 5.75. The van der Waals surface area contributed by atoms with Crippen LogP contribution >= 0.6 is 33.9 Å². The molecule has 26 heavy (non-hydrogen) atoms. The largest absolute Gasteiger partial charge is 0.423 e. The van der Waals surface area contributed by atoms with E-state index in [1.54, 1.807) is 48.5 Å². The van der Waals surface area contributed by atoms with Crippen molar-refractivity contribution in [1.29, 1.82) is 0 Å². The average Bonchev–Trinajstić information content (AvgIpc) is 3.18. The number of nitrogens with one attached hydrogen (secondary N) is 1. The second-order valence-corrected chi connectivity index (χ2v) is 7.22. The lowest BCUT2D eigenvalue weighted by Crippen LogP contribution is -2.16. The molecule has 0 saturated carbocycles. The van der Waals surface area contributed by atoms with Gasteiger partial charge in [0.15, 0.2) is 0 Å². The van der Waals surface area contributed by atoms with Gasteiger partial charge >= 0.3 is 5.97 Å². The van der Waals surface area contributed by atoms with Crippen LogP contribution in [-0.4, -0.2) is 18.1 Å². The molecular weight excluding hydrogens is 463 g/mol. The number of hydrogen-bond acceptors (Lipinski definition) is 5. The van der Waals surface area contributed by atoms with Crippen molar-refractivity contribution >= 4 is 52.0 Å². The van der Waals surface area contributed by atoms with Gasteiger partial charge in [-0.1, -0.05) is 18.2 Å². The maximum Gasteiger partial charge on any atom is 0.344 e. The van der Waals surface area contributed by atoms with Crippen molar-refractivity contribution < 1.29 is 14.3 Å². The van der Waals surface area contributed by atoms with Crippen molar-refractivity contribution in [3.05, 3.63) is 85.6 Å². The third-order valence-electron chi connectivity index (χ3n) is 3.31. The van der Waals surface area contributed by atoms with Gasteiger partial charge in [-0.05, 0) is 76.0 Å². The first-order chi connectivity index (χ1) is 12.6. The molecule has 0 fully saturated rings. The molecule has 1 amide bonds. The van der Waals surface area contributed by atoms with Crippen LogP contribution in [0.1, 0.15) is 25.6 Å². The summed E-state index contributed by atoms with van der Waals surface area (Å²) in [6.45, 7) is 0. The maximum atomic E-state index is 12.2. The molecule has 0 aliphatic rings. The zero-order valence-corrected chi connectivity index (χ0v) is 16.4. The van der Waals surface area contributed by atoms with Crippen molar-refractivity contribution in [1.82, 2.24) is 5.43 Å². The number of halogens is 1. The first kappa shape index (κ1) is 18.3. The van der Waals surface area contributed by atoms with Gasteiger partial charge in [0.05, 0.1) is 16.7 Å².